The van der Waals surface area contributed by atoms with Gasteiger partial charge in [0.05, 0.1) is 11.9 Å². The highest BCUT2D eigenvalue weighted by atomic mass is 32.1. The molecule has 0 amide bonds. The number of rotatable bonds is 3. The topological polar surface area (TPSA) is 56.1 Å². The molecule has 4 nitrogen and oxygen atoms in total. The average molecular weight is 303 g/mol. The molecule has 1 saturated carbocycles. The zero-order chi connectivity index (χ0) is 14.8. The minimum absolute atomic E-state index is 0.0153. The van der Waals surface area contributed by atoms with Crippen LogP contribution in [-0.2, 0) is 11.3 Å². The first-order valence-electron chi connectivity index (χ1n) is 7.32. The van der Waals surface area contributed by atoms with E-state index in [0.29, 0.717) is 10.1 Å². The highest BCUT2D eigenvalue weighted by molar-refractivity contribution is 7.16. The Hall–Kier alpha value is -1.75. The maximum Gasteiger partial charge on any atom is 0.310 e. The number of hydrogen-bond donors (Lipinski definition) is 0. The monoisotopic (exact) mass is 303 g/mol. The summed E-state index contributed by atoms with van der Waals surface area (Å²) < 4.78 is 1.78. The molecule has 2 aromatic rings. The van der Waals surface area contributed by atoms with Gasteiger partial charge in [-0.15, -0.1) is 0 Å². The van der Waals surface area contributed by atoms with Crippen molar-refractivity contribution in [1.82, 2.24) is 4.57 Å². The van der Waals surface area contributed by atoms with Gasteiger partial charge in [-0.3, -0.25) is 19.0 Å². The molecule has 0 bridgehead atoms. The summed E-state index contributed by atoms with van der Waals surface area (Å²) in [5.41, 5.74) is -0.349. The highest BCUT2D eigenvalue weighted by Gasteiger charge is 2.22. The minimum atomic E-state index is -0.349. The number of fused-ring (bicyclic) bond motifs is 1. The lowest BCUT2D eigenvalue weighted by Crippen LogP contribution is -2.36. The smallest absolute Gasteiger partial charge is 0.297 e. The Morgan fingerprint density at radius 3 is 2.62 bits per heavy atom. The van der Waals surface area contributed by atoms with E-state index in [2.05, 4.69) is 0 Å². The summed E-state index contributed by atoms with van der Waals surface area (Å²) in [6.45, 7) is -0.0797. The predicted octanol–water partition coefficient (Wildman–Crippen LogP) is 2.57. The Bertz CT molecular complexity index is 784. The van der Waals surface area contributed by atoms with E-state index in [4.69, 9.17) is 0 Å². The second-order valence-corrected chi connectivity index (χ2v) is 6.55. The molecule has 21 heavy (non-hydrogen) atoms. The molecular formula is C16H17NO3S. The van der Waals surface area contributed by atoms with Crippen molar-refractivity contribution in [3.05, 3.63) is 44.3 Å². The molecule has 0 N–H and O–H groups in total. The molecule has 0 spiro atoms. The Morgan fingerprint density at radius 1 is 1.14 bits per heavy atom. The summed E-state index contributed by atoms with van der Waals surface area (Å²) in [7, 11) is 0. The van der Waals surface area contributed by atoms with E-state index in [9.17, 15) is 14.4 Å². The molecule has 0 unspecified atom stereocenters. The zero-order valence-electron chi connectivity index (χ0n) is 11.7. The van der Waals surface area contributed by atoms with Crippen molar-refractivity contribution in [1.29, 1.82) is 0 Å². The maximum atomic E-state index is 12.4. The number of carbonyl (C=O) groups is 1. The first-order chi connectivity index (χ1) is 10.2. The average Bonchev–Trinajstić information content (AvgIpc) is 2.52. The van der Waals surface area contributed by atoms with Crippen molar-refractivity contribution < 1.29 is 4.79 Å². The quantitative estimate of drug-likeness (QED) is 0.875. The van der Waals surface area contributed by atoms with Crippen molar-refractivity contribution in [3.8, 4) is 0 Å². The molecule has 5 heteroatoms. The molecule has 0 radical (unpaired) electrons. The van der Waals surface area contributed by atoms with Crippen molar-refractivity contribution in [2.24, 2.45) is 5.92 Å². The largest absolute Gasteiger partial charge is 0.310 e. The number of benzene rings is 1. The molecular weight excluding hydrogens is 286 g/mol. The van der Waals surface area contributed by atoms with Crippen LogP contribution in [0.25, 0.3) is 10.1 Å². The lowest BCUT2D eigenvalue weighted by atomic mass is 9.86. The number of Topliss-reactive ketones (excluding diaryl/α,β-unsaturated/α-hetero) is 1. The molecule has 0 atom stereocenters. The second kappa shape index (κ2) is 5.93. The van der Waals surface area contributed by atoms with Gasteiger partial charge in [-0.2, -0.15) is 0 Å². The number of nitrogens with zero attached hydrogens (tertiary/aromatic N) is 1. The number of carbonyl (C=O) groups excluding carboxylic acids is 1. The van der Waals surface area contributed by atoms with Gasteiger partial charge in [0.1, 0.15) is 0 Å². The number of ketones is 1. The first-order valence-corrected chi connectivity index (χ1v) is 8.14. The van der Waals surface area contributed by atoms with E-state index in [1.165, 1.54) is 6.42 Å². The van der Waals surface area contributed by atoms with Crippen LogP contribution in [0.5, 0.6) is 0 Å². The normalized spacial score (nSPS) is 16.2. The van der Waals surface area contributed by atoms with Gasteiger partial charge in [-0.1, -0.05) is 42.7 Å². The molecule has 1 heterocycles. The lowest BCUT2D eigenvalue weighted by Gasteiger charge is -2.20. The molecule has 1 aliphatic carbocycles. The van der Waals surface area contributed by atoms with Crippen molar-refractivity contribution in [2.75, 3.05) is 0 Å². The molecule has 0 saturated heterocycles. The van der Waals surface area contributed by atoms with Crippen LogP contribution >= 0.6 is 11.3 Å². The fourth-order valence-corrected chi connectivity index (χ4v) is 3.81. The van der Waals surface area contributed by atoms with Crippen molar-refractivity contribution >= 4 is 27.2 Å². The van der Waals surface area contributed by atoms with Gasteiger partial charge in [0, 0.05) is 10.6 Å². The zero-order valence-corrected chi connectivity index (χ0v) is 12.5. The van der Waals surface area contributed by atoms with Gasteiger partial charge in [-0.25, -0.2) is 0 Å². The van der Waals surface area contributed by atoms with Crippen molar-refractivity contribution in [2.45, 2.75) is 38.6 Å². The molecule has 0 aliphatic heterocycles. The fraction of sp³-hybridized carbons (Fsp3) is 0.438. The van der Waals surface area contributed by atoms with E-state index in [-0.39, 0.29) is 28.7 Å². The Labute approximate surface area is 126 Å². The van der Waals surface area contributed by atoms with Crippen LogP contribution in [0.3, 0.4) is 0 Å². The van der Waals surface area contributed by atoms with Crippen molar-refractivity contribution in [3.63, 3.8) is 0 Å². The molecule has 110 valence electrons. The highest BCUT2D eigenvalue weighted by Crippen LogP contribution is 2.24. The molecule has 1 aromatic carbocycles. The van der Waals surface area contributed by atoms with Crippen LogP contribution in [0.2, 0.25) is 0 Å². The molecule has 1 aromatic heterocycles. The fourth-order valence-electron chi connectivity index (χ4n) is 2.96. The van der Waals surface area contributed by atoms with Crippen LogP contribution in [0.15, 0.2) is 33.9 Å². The Kier molecular flexibility index (Phi) is 4.01. The second-order valence-electron chi connectivity index (χ2n) is 5.56. The van der Waals surface area contributed by atoms with Gasteiger partial charge in [0.2, 0.25) is 0 Å². The van der Waals surface area contributed by atoms with E-state index in [1.54, 1.807) is 24.3 Å². The number of aromatic nitrogens is 1. The van der Waals surface area contributed by atoms with Gasteiger partial charge in [-0.05, 0) is 25.0 Å². The molecule has 1 aliphatic rings. The summed E-state index contributed by atoms with van der Waals surface area (Å²) in [4.78, 5) is 36.5. The van der Waals surface area contributed by atoms with Crippen LogP contribution in [-0.4, -0.2) is 10.4 Å². The Morgan fingerprint density at radius 2 is 1.86 bits per heavy atom. The molecule has 1 fully saturated rings. The summed E-state index contributed by atoms with van der Waals surface area (Å²) >= 11 is 1.03. The predicted molar refractivity (Wildman–Crippen MR) is 83.9 cm³/mol. The minimum Gasteiger partial charge on any atom is -0.297 e. The Balaban J connectivity index is 1.95. The van der Waals surface area contributed by atoms with Gasteiger partial charge in [0.25, 0.3) is 5.56 Å². The first kappa shape index (κ1) is 14.2. The van der Waals surface area contributed by atoms with Crippen LogP contribution < -0.4 is 10.4 Å². The van der Waals surface area contributed by atoms with E-state index < -0.39 is 0 Å². The van der Waals surface area contributed by atoms with E-state index in [1.807, 2.05) is 0 Å². The van der Waals surface area contributed by atoms with Gasteiger partial charge < -0.3 is 0 Å². The van der Waals surface area contributed by atoms with Crippen LogP contribution in [0, 0.1) is 5.92 Å². The SMILES string of the molecule is O=C(Cn1c(=O)sc2ccccc2c1=O)C1CCCCC1. The van der Waals surface area contributed by atoms with Gasteiger partial charge >= 0.3 is 4.87 Å². The third-order valence-electron chi connectivity index (χ3n) is 4.15. The van der Waals surface area contributed by atoms with Gasteiger partial charge in [0.15, 0.2) is 5.78 Å². The van der Waals surface area contributed by atoms with Crippen LogP contribution in [0.4, 0.5) is 0 Å². The third kappa shape index (κ3) is 2.83. The maximum absolute atomic E-state index is 12.4. The lowest BCUT2D eigenvalue weighted by molar-refractivity contribution is -0.124. The van der Waals surface area contributed by atoms with Crippen LogP contribution in [0.1, 0.15) is 32.1 Å². The summed E-state index contributed by atoms with van der Waals surface area (Å²) in [6.07, 6.45) is 5.08. The standard InChI is InChI=1S/C16H17NO3S/c18-13(11-6-2-1-3-7-11)10-17-15(19)12-8-4-5-9-14(12)21-16(17)20/h4-5,8-9,11H,1-3,6-7,10H2. The number of hydrogen-bond acceptors (Lipinski definition) is 4. The summed E-state index contributed by atoms with van der Waals surface area (Å²) in [6, 6.07) is 7.04. The third-order valence-corrected chi connectivity index (χ3v) is 5.13. The summed E-state index contributed by atoms with van der Waals surface area (Å²) in [5, 5.41) is 0.513. The summed E-state index contributed by atoms with van der Waals surface area (Å²) in [5.74, 6) is 0.0397. The molecule has 3 rings (SSSR count). The van der Waals surface area contributed by atoms with E-state index in [0.717, 1.165) is 41.6 Å². The van der Waals surface area contributed by atoms with E-state index >= 15 is 0 Å².